The number of carbonyl (C=O) groups is 4. The van der Waals surface area contributed by atoms with Gasteiger partial charge in [-0.25, -0.2) is 4.79 Å². The highest BCUT2D eigenvalue weighted by Crippen LogP contribution is 2.52. The summed E-state index contributed by atoms with van der Waals surface area (Å²) in [6.07, 6.45) is 19.9. The van der Waals surface area contributed by atoms with Crippen molar-refractivity contribution in [1.29, 1.82) is 0 Å². The minimum absolute atomic E-state index is 0. The number of hydrogen-bond donors (Lipinski definition) is 1. The lowest BCUT2D eigenvalue weighted by Crippen LogP contribution is -2.47. The van der Waals surface area contributed by atoms with Gasteiger partial charge in [0.1, 0.15) is 5.78 Å². The Labute approximate surface area is 553 Å². The van der Waals surface area contributed by atoms with Crippen LogP contribution in [0.1, 0.15) is 265 Å². The predicted molar refractivity (Wildman–Crippen MR) is 375 cm³/mol. The average molecular weight is 1260 g/mol. The zero-order chi connectivity index (χ0) is 65.8. The van der Waals surface area contributed by atoms with Gasteiger partial charge in [-0.1, -0.05) is 149 Å². The first-order chi connectivity index (χ1) is 43.1. The number of ketones is 1. The monoisotopic (exact) mass is 1250 g/mol. The summed E-state index contributed by atoms with van der Waals surface area (Å²) in [6, 6.07) is 27.1. The molecule has 12 heteroatoms. The van der Waals surface area contributed by atoms with E-state index >= 15 is 0 Å². The number of rotatable bonds is 16. The fourth-order valence-corrected chi connectivity index (χ4v) is 16.2. The van der Waals surface area contributed by atoms with E-state index in [0.717, 1.165) is 44.9 Å². The van der Waals surface area contributed by atoms with Gasteiger partial charge < -0.3 is 44.1 Å². The highest BCUT2D eigenvalue weighted by atomic mass is 16.6. The van der Waals surface area contributed by atoms with Crippen LogP contribution in [0.25, 0.3) is 0 Å². The zero-order valence-corrected chi connectivity index (χ0v) is 59.6. The van der Waals surface area contributed by atoms with E-state index in [1.807, 2.05) is 16.8 Å². The number of Topliss-reactive ketones (excluding diaryl/α,β-unsaturated/α-hetero) is 1. The molecule has 1 N–H and O–H groups in total. The van der Waals surface area contributed by atoms with Crippen molar-refractivity contribution < 1.29 is 30.1 Å². The fraction of sp³-hybridized carbons (Fsp3) is 0.722. The van der Waals surface area contributed by atoms with Crippen LogP contribution >= 0.6 is 0 Å². The van der Waals surface area contributed by atoms with Gasteiger partial charge in [0.25, 0.3) is 0 Å². The van der Waals surface area contributed by atoms with E-state index < -0.39 is 0 Å². The molecule has 3 aromatic carbocycles. The molecular formula is C79H126N6O6. The molecule has 10 rings (SSSR count). The number of nitrogens with one attached hydrogen (secondary N) is 1. The minimum atomic E-state index is -0.198. The summed E-state index contributed by atoms with van der Waals surface area (Å²) >= 11 is 0. The number of nitrogens with zero attached hydrogens (tertiary/aromatic N) is 5. The van der Waals surface area contributed by atoms with Crippen LogP contribution < -0.4 is 5.32 Å². The topological polar surface area (TPSA) is 115 Å². The molecule has 3 spiro atoms. The molecule has 0 unspecified atom stereocenters. The zero-order valence-electron chi connectivity index (χ0n) is 59.6. The Kier molecular flexibility index (Phi) is 25.2. The lowest BCUT2D eigenvalue weighted by atomic mass is 9.63. The molecule has 508 valence electrons. The number of ether oxygens (including phenoxy) is 2. The molecule has 12 nitrogen and oxygen atoms in total. The number of benzene rings is 3. The first kappa shape index (κ1) is 72.2. The molecule has 4 saturated heterocycles. The Morgan fingerprint density at radius 3 is 1.38 bits per heavy atom. The normalized spacial score (nSPS) is 22.5. The van der Waals surface area contributed by atoms with Crippen LogP contribution in [0.2, 0.25) is 0 Å². The molecular weight excluding hydrogens is 1130 g/mol. The van der Waals surface area contributed by atoms with Crippen LogP contribution in [0.3, 0.4) is 0 Å². The van der Waals surface area contributed by atoms with Gasteiger partial charge in [0, 0.05) is 47.0 Å². The molecule has 3 aromatic rings. The molecule has 3 amide bonds. The van der Waals surface area contributed by atoms with E-state index in [9.17, 15) is 19.2 Å². The van der Waals surface area contributed by atoms with Crippen molar-refractivity contribution >= 4 is 23.7 Å². The lowest BCUT2D eigenvalue weighted by molar-refractivity contribution is -0.135. The smallest absolute Gasteiger partial charge is 0.410 e. The standard InChI is InChI=1S/C27H42N2O2.C26H40N2O2.C26H42N2O2.H2/c1-6-29(25(31)12-11-21(2)30)24-13-14-27(23-10-8-7-9-22(23)24)16-19-28(20-17-27)18-15-26(3,4)5;1-25(2,3)12-15-28-16-13-26(14-17-28)11-8-23(21-6-4-5-7-22(21)26)27-24(29)20-9-18-30-19-10-20;1-20(2)19-30-24(29)27(6)23-11-12-26(22-10-8-7-9-21(22)23)14-17-28(18-15-26)16-13-25(3,4)5;/h7-10,24H,6,11-20H2,1-5H3;4-7,20,23H,8-19H2,1-3H3,(H,27,29);7-10,20,23H,11-19H2,1-6H3;1H/t24-;2*23-;/m100./s1. The number of piperidine rings is 3. The number of likely N-dealkylation sites (tertiary alicyclic amines) is 3. The van der Waals surface area contributed by atoms with Gasteiger partial charge in [-0.2, -0.15) is 0 Å². The molecule has 4 aliphatic heterocycles. The minimum Gasteiger partial charge on any atom is -0.449 e. The molecule has 4 heterocycles. The Hall–Kier alpha value is -4.62. The SMILES string of the molecule is CC(C)(C)CCN1CCC2(CC[C@H](NC(=O)C3CCOCC3)c3ccccc32)CC1.CC(C)COC(=O)N(C)[C@H]1CCC2(CCN(CCC(C)(C)C)CC2)c2ccccc21.CCN(C(=O)CCC(C)=O)[C@@H]1CCC2(CCN(CCC(C)(C)C)CC2)c2ccccc21.[HH]. The maximum atomic E-state index is 12.9. The largest absolute Gasteiger partial charge is 0.449 e. The van der Waals surface area contributed by atoms with Gasteiger partial charge in [0.05, 0.1) is 24.7 Å². The third kappa shape index (κ3) is 19.5. The Balaban J connectivity index is 0.000000195. The summed E-state index contributed by atoms with van der Waals surface area (Å²) in [7, 11) is 1.90. The van der Waals surface area contributed by atoms with Crippen molar-refractivity contribution in [2.75, 3.05) is 92.3 Å². The lowest BCUT2D eigenvalue weighted by Gasteiger charge is -2.49. The van der Waals surface area contributed by atoms with Crippen molar-refractivity contribution in [1.82, 2.24) is 29.8 Å². The number of fused-ring (bicyclic) bond motifs is 6. The van der Waals surface area contributed by atoms with Crippen LogP contribution in [0.15, 0.2) is 72.8 Å². The van der Waals surface area contributed by atoms with E-state index in [2.05, 4.69) is 176 Å². The Bertz CT molecular complexity index is 2820. The Morgan fingerprint density at radius 1 is 0.571 bits per heavy atom. The molecule has 0 aromatic heterocycles. The molecule has 3 aliphatic carbocycles. The molecule has 4 fully saturated rings. The van der Waals surface area contributed by atoms with Gasteiger partial charge in [0.2, 0.25) is 11.8 Å². The molecule has 3 atom stereocenters. The van der Waals surface area contributed by atoms with Crippen molar-refractivity contribution in [3.63, 3.8) is 0 Å². The molecule has 0 bridgehead atoms. The average Bonchev–Trinajstić information content (AvgIpc) is 0.769. The summed E-state index contributed by atoms with van der Waals surface area (Å²) in [6.45, 7) is 42.1. The maximum absolute atomic E-state index is 12.9. The first-order valence-corrected chi connectivity index (χ1v) is 36.1. The molecule has 91 heavy (non-hydrogen) atoms. The van der Waals surface area contributed by atoms with E-state index in [1.165, 1.54) is 156 Å². The number of amides is 3. The number of carbonyl (C=O) groups excluding carboxylic acids is 4. The molecule has 0 saturated carbocycles. The van der Waals surface area contributed by atoms with Crippen molar-refractivity contribution in [2.24, 2.45) is 28.1 Å². The van der Waals surface area contributed by atoms with Gasteiger partial charge in [-0.15, -0.1) is 0 Å². The summed E-state index contributed by atoms with van der Waals surface area (Å²) in [5, 5.41) is 3.41. The van der Waals surface area contributed by atoms with Crippen molar-refractivity contribution in [3.05, 3.63) is 106 Å². The summed E-state index contributed by atoms with van der Waals surface area (Å²) in [4.78, 5) is 61.6. The van der Waals surface area contributed by atoms with Crippen LogP contribution in [0.5, 0.6) is 0 Å². The van der Waals surface area contributed by atoms with E-state index in [-0.39, 0.29) is 60.0 Å². The van der Waals surface area contributed by atoms with E-state index in [4.69, 9.17) is 9.47 Å². The van der Waals surface area contributed by atoms with Gasteiger partial charge >= 0.3 is 6.09 Å². The third-order valence-electron chi connectivity index (χ3n) is 22.3. The molecule has 7 aliphatic rings. The van der Waals surface area contributed by atoms with Crippen molar-refractivity contribution in [2.45, 2.75) is 246 Å². The second-order valence-electron chi connectivity index (χ2n) is 33.1. The third-order valence-corrected chi connectivity index (χ3v) is 22.3. The van der Waals surface area contributed by atoms with Crippen molar-refractivity contribution in [3.8, 4) is 0 Å². The van der Waals surface area contributed by atoms with E-state index in [1.54, 1.807) is 6.92 Å². The van der Waals surface area contributed by atoms with Crippen LogP contribution in [-0.4, -0.2) is 141 Å². The van der Waals surface area contributed by atoms with Crippen LogP contribution in [0.4, 0.5) is 4.79 Å². The first-order valence-electron chi connectivity index (χ1n) is 36.1. The predicted octanol–water partition coefficient (Wildman–Crippen LogP) is 16.6. The maximum Gasteiger partial charge on any atom is 0.410 e. The van der Waals surface area contributed by atoms with Crippen LogP contribution in [0, 0.1) is 28.1 Å². The van der Waals surface area contributed by atoms with Gasteiger partial charge in [0.15, 0.2) is 0 Å². The second kappa shape index (κ2) is 31.7. The second-order valence-corrected chi connectivity index (χ2v) is 33.1. The van der Waals surface area contributed by atoms with Gasteiger partial charge in [-0.05, 0) is 254 Å². The Morgan fingerprint density at radius 2 is 0.967 bits per heavy atom. The summed E-state index contributed by atoms with van der Waals surface area (Å²) in [5.74, 6) is 0.905. The highest BCUT2D eigenvalue weighted by molar-refractivity contribution is 5.84. The number of hydrogen-bond acceptors (Lipinski definition) is 9. The van der Waals surface area contributed by atoms with Crippen LogP contribution in [-0.2, 0) is 40.1 Å². The summed E-state index contributed by atoms with van der Waals surface area (Å²) in [5.41, 5.74) is 10.5. The quantitative estimate of drug-likeness (QED) is 0.150. The van der Waals surface area contributed by atoms with Gasteiger partial charge in [-0.3, -0.25) is 9.59 Å². The van der Waals surface area contributed by atoms with E-state index in [0.29, 0.717) is 66.8 Å². The fourth-order valence-electron chi connectivity index (χ4n) is 16.2. The molecule has 0 radical (unpaired) electrons. The summed E-state index contributed by atoms with van der Waals surface area (Å²) < 4.78 is 11.0. The highest BCUT2D eigenvalue weighted by Gasteiger charge is 2.47.